The number of carbonyl (C=O) groups is 3. The zero-order chi connectivity index (χ0) is 23.5. The van der Waals surface area contributed by atoms with Crippen molar-refractivity contribution in [2.75, 3.05) is 0 Å². The molecule has 1 aromatic rings. The molecule has 2 rings (SSSR count). The SMILES string of the molecule is CC(=O)O[C@H]1[C@@H](OC(C)=O)[C@@H](C(O)S(=O)(=O)c2ccc(C)cc2)O[C@H](Br)[C@@H]1OC(C)=O. The molecule has 0 saturated carbocycles. The van der Waals surface area contributed by atoms with Gasteiger partial charge in [-0.3, -0.25) is 14.4 Å². The highest BCUT2D eigenvalue weighted by Gasteiger charge is 2.55. The molecule has 1 heterocycles. The minimum Gasteiger partial charge on any atom is -0.455 e. The van der Waals surface area contributed by atoms with Crippen LogP contribution in [0.5, 0.6) is 0 Å². The summed E-state index contributed by atoms with van der Waals surface area (Å²) in [6.45, 7) is 4.99. The average molecular weight is 523 g/mol. The van der Waals surface area contributed by atoms with Crippen LogP contribution in [0.1, 0.15) is 26.3 Å². The van der Waals surface area contributed by atoms with Gasteiger partial charge in [0.15, 0.2) is 28.8 Å². The summed E-state index contributed by atoms with van der Waals surface area (Å²) in [4.78, 5) is 34.7. The van der Waals surface area contributed by atoms with Crippen molar-refractivity contribution in [2.24, 2.45) is 0 Å². The molecule has 0 spiro atoms. The van der Waals surface area contributed by atoms with Crippen LogP contribution in [0.15, 0.2) is 29.2 Å². The summed E-state index contributed by atoms with van der Waals surface area (Å²) >= 11 is 3.11. The van der Waals surface area contributed by atoms with Gasteiger partial charge in [0.2, 0.25) is 9.84 Å². The van der Waals surface area contributed by atoms with Crippen LogP contribution in [0, 0.1) is 6.92 Å². The lowest BCUT2D eigenvalue weighted by Gasteiger charge is -2.44. The smallest absolute Gasteiger partial charge is 0.303 e. The normalized spacial score (nSPS) is 27.1. The first kappa shape index (κ1) is 25.2. The largest absolute Gasteiger partial charge is 0.455 e. The number of aliphatic hydroxyl groups is 1. The Kier molecular flexibility index (Phi) is 8.20. The second-order valence-corrected chi connectivity index (χ2v) is 9.87. The van der Waals surface area contributed by atoms with Crippen LogP contribution < -0.4 is 0 Å². The van der Waals surface area contributed by atoms with Gasteiger partial charge in [-0.2, -0.15) is 0 Å². The number of hydrogen-bond donors (Lipinski definition) is 1. The van der Waals surface area contributed by atoms with Crippen LogP contribution in [0.2, 0.25) is 0 Å². The third-order valence-electron chi connectivity index (χ3n) is 4.37. The molecule has 0 aliphatic carbocycles. The first-order valence-corrected chi connectivity index (χ1v) is 11.6. The third-order valence-corrected chi connectivity index (χ3v) is 6.94. The van der Waals surface area contributed by atoms with Gasteiger partial charge in [-0.1, -0.05) is 33.6 Å². The van der Waals surface area contributed by atoms with E-state index in [1.807, 2.05) is 0 Å². The number of aliphatic hydroxyl groups excluding tert-OH is 1. The molecule has 1 aliphatic rings. The van der Waals surface area contributed by atoms with E-state index >= 15 is 0 Å². The van der Waals surface area contributed by atoms with Crippen molar-refractivity contribution in [3.05, 3.63) is 29.8 Å². The fraction of sp³-hybridized carbons (Fsp3) is 0.526. The van der Waals surface area contributed by atoms with E-state index in [1.54, 1.807) is 19.1 Å². The second kappa shape index (κ2) is 10.1. The molecule has 10 nitrogen and oxygen atoms in total. The maximum Gasteiger partial charge on any atom is 0.303 e. The van der Waals surface area contributed by atoms with Crippen LogP contribution in [0.3, 0.4) is 0 Å². The molecule has 1 aromatic carbocycles. The molecule has 6 atom stereocenters. The Hall–Kier alpha value is -2.02. The lowest BCUT2D eigenvalue weighted by atomic mass is 9.99. The zero-order valence-corrected chi connectivity index (χ0v) is 19.6. The van der Waals surface area contributed by atoms with Gasteiger partial charge < -0.3 is 24.1 Å². The van der Waals surface area contributed by atoms with E-state index in [1.165, 1.54) is 12.1 Å². The number of ether oxygens (including phenoxy) is 4. The Morgan fingerprint density at radius 2 is 1.39 bits per heavy atom. The van der Waals surface area contributed by atoms with E-state index in [2.05, 4.69) is 15.9 Å². The average Bonchev–Trinajstić information content (AvgIpc) is 2.65. The van der Waals surface area contributed by atoms with Gasteiger partial charge in [0.25, 0.3) is 0 Å². The van der Waals surface area contributed by atoms with Crippen LogP contribution in [-0.4, -0.2) is 66.3 Å². The van der Waals surface area contributed by atoms with Gasteiger partial charge in [0.05, 0.1) is 4.90 Å². The molecular formula is C19H23BrO10S. The summed E-state index contributed by atoms with van der Waals surface area (Å²) in [6.07, 6.45) is -5.99. The number of carbonyl (C=O) groups excluding carboxylic acids is 3. The Labute approximate surface area is 187 Å². The van der Waals surface area contributed by atoms with Gasteiger partial charge in [-0.15, -0.1) is 0 Å². The van der Waals surface area contributed by atoms with E-state index in [0.717, 1.165) is 26.3 Å². The van der Waals surface area contributed by atoms with E-state index in [9.17, 15) is 27.9 Å². The van der Waals surface area contributed by atoms with Gasteiger partial charge in [-0.25, -0.2) is 8.42 Å². The van der Waals surface area contributed by atoms with Crippen LogP contribution in [0.25, 0.3) is 0 Å². The van der Waals surface area contributed by atoms with E-state index in [-0.39, 0.29) is 4.90 Å². The van der Waals surface area contributed by atoms with E-state index < -0.39 is 62.6 Å². The maximum absolute atomic E-state index is 13.0. The summed E-state index contributed by atoms with van der Waals surface area (Å²) < 4.78 is 47.0. The Morgan fingerprint density at radius 3 is 1.87 bits per heavy atom. The molecule has 1 saturated heterocycles. The van der Waals surface area contributed by atoms with Gasteiger partial charge in [0.1, 0.15) is 6.10 Å². The van der Waals surface area contributed by atoms with Crippen molar-refractivity contribution in [2.45, 2.75) is 67.5 Å². The van der Waals surface area contributed by atoms with Gasteiger partial charge in [-0.05, 0) is 19.1 Å². The molecule has 0 aromatic heterocycles. The topological polar surface area (TPSA) is 142 Å². The second-order valence-electron chi connectivity index (χ2n) is 6.92. The minimum absolute atomic E-state index is 0.187. The third kappa shape index (κ3) is 6.03. The highest BCUT2D eigenvalue weighted by Crippen LogP contribution is 2.35. The van der Waals surface area contributed by atoms with Crippen molar-refractivity contribution < 1.29 is 46.9 Å². The highest BCUT2D eigenvalue weighted by molar-refractivity contribution is 9.09. The molecule has 31 heavy (non-hydrogen) atoms. The number of halogens is 1. The van der Waals surface area contributed by atoms with E-state index in [0.29, 0.717) is 0 Å². The monoisotopic (exact) mass is 522 g/mol. The summed E-state index contributed by atoms with van der Waals surface area (Å²) in [5, 5.41) is 9.59. The Bertz CT molecular complexity index is 930. The van der Waals surface area contributed by atoms with Gasteiger partial charge >= 0.3 is 17.9 Å². The minimum atomic E-state index is -4.37. The summed E-state index contributed by atoms with van der Waals surface area (Å²) in [5.74, 6) is -2.41. The first-order valence-electron chi connectivity index (χ1n) is 9.14. The number of sulfone groups is 1. The molecule has 1 aliphatic heterocycles. The molecular weight excluding hydrogens is 500 g/mol. The number of aryl methyl sites for hydroxylation is 1. The standard InChI is InChI=1S/C19H23BrO10S/c1-9-5-7-13(8-6-9)31(25,26)19(24)17-15(28-11(3)22)14(27-10(2)21)16(18(20)30-17)29-12(4)23/h5-8,14-19,24H,1-4H3/t14-,15+,16+,17-,18-,19?/m0/s1. The summed E-state index contributed by atoms with van der Waals surface area (Å²) in [6, 6.07) is 5.73. The highest BCUT2D eigenvalue weighted by atomic mass is 79.9. The number of alkyl halides is 1. The molecule has 0 bridgehead atoms. The molecule has 1 fully saturated rings. The number of benzene rings is 1. The predicted molar refractivity (Wildman–Crippen MR) is 109 cm³/mol. The lowest BCUT2D eigenvalue weighted by Crippen LogP contribution is -2.63. The van der Waals surface area contributed by atoms with Crippen LogP contribution in [0.4, 0.5) is 0 Å². The van der Waals surface area contributed by atoms with Crippen LogP contribution >= 0.6 is 15.9 Å². The van der Waals surface area contributed by atoms with Crippen molar-refractivity contribution in [1.82, 2.24) is 0 Å². The van der Waals surface area contributed by atoms with Crippen molar-refractivity contribution in [3.8, 4) is 0 Å². The van der Waals surface area contributed by atoms with Crippen molar-refractivity contribution in [3.63, 3.8) is 0 Å². The van der Waals surface area contributed by atoms with Crippen molar-refractivity contribution in [1.29, 1.82) is 0 Å². The molecule has 1 N–H and O–H groups in total. The zero-order valence-electron chi connectivity index (χ0n) is 17.2. The molecule has 0 amide bonds. The fourth-order valence-corrected chi connectivity index (χ4v) is 5.09. The lowest BCUT2D eigenvalue weighted by molar-refractivity contribution is -0.238. The summed E-state index contributed by atoms with van der Waals surface area (Å²) in [5.41, 5.74) is -1.39. The van der Waals surface area contributed by atoms with Crippen molar-refractivity contribution >= 4 is 43.7 Å². The number of esters is 3. The predicted octanol–water partition coefficient (Wildman–Crippen LogP) is 1.00. The molecule has 172 valence electrons. The number of hydrogen-bond acceptors (Lipinski definition) is 10. The maximum atomic E-state index is 13.0. The van der Waals surface area contributed by atoms with Gasteiger partial charge in [0, 0.05) is 20.8 Å². The number of rotatable bonds is 6. The molecule has 0 radical (unpaired) electrons. The molecule has 12 heteroatoms. The fourth-order valence-electron chi connectivity index (χ4n) is 3.07. The van der Waals surface area contributed by atoms with Crippen LogP contribution in [-0.2, 0) is 43.2 Å². The summed E-state index contributed by atoms with van der Waals surface area (Å²) in [7, 11) is -4.37. The van der Waals surface area contributed by atoms with E-state index in [4.69, 9.17) is 18.9 Å². The quantitative estimate of drug-likeness (QED) is 0.326. The first-order chi connectivity index (χ1) is 14.3. The Balaban J connectivity index is 2.50. The Morgan fingerprint density at radius 1 is 0.935 bits per heavy atom. The molecule has 1 unspecified atom stereocenters.